The number of carbonyl (C=O) groups excluding carboxylic acids is 1. The van der Waals surface area contributed by atoms with Gasteiger partial charge in [-0.3, -0.25) is 4.79 Å². The quantitative estimate of drug-likeness (QED) is 0.643. The third kappa shape index (κ3) is 5.65. The first-order valence-corrected chi connectivity index (χ1v) is 8.01. The SMILES string of the molecule is O=C(C[NH+]1CCCCCC1)N/N=C\c1ccc(Cl)c(Cl)c1. The van der Waals surface area contributed by atoms with Gasteiger partial charge in [-0.05, 0) is 43.4 Å². The standard InChI is InChI=1S/C15H19Cl2N3O/c16-13-6-5-12(9-14(13)17)10-18-19-15(21)11-20-7-3-1-2-4-8-20/h5-6,9-10H,1-4,7-8,11H2,(H,19,21)/p+1/b18-10-. The Hall–Kier alpha value is -1.10. The molecule has 6 heteroatoms. The van der Waals surface area contributed by atoms with Gasteiger partial charge in [0.05, 0.1) is 29.3 Å². The van der Waals surface area contributed by atoms with Crippen molar-refractivity contribution in [2.45, 2.75) is 25.7 Å². The number of amides is 1. The molecule has 1 aromatic carbocycles. The summed E-state index contributed by atoms with van der Waals surface area (Å²) < 4.78 is 0. The average molecular weight is 329 g/mol. The van der Waals surface area contributed by atoms with Crippen LogP contribution in [-0.2, 0) is 4.79 Å². The Kier molecular flexibility index (Phi) is 6.49. The highest BCUT2D eigenvalue weighted by Gasteiger charge is 2.15. The Morgan fingerprint density at radius 3 is 2.57 bits per heavy atom. The second-order valence-electron chi connectivity index (χ2n) is 5.31. The molecular formula is C15H20Cl2N3O+. The summed E-state index contributed by atoms with van der Waals surface area (Å²) in [5.41, 5.74) is 3.36. The van der Waals surface area contributed by atoms with Crippen LogP contribution in [0.4, 0.5) is 0 Å². The molecule has 1 aliphatic heterocycles. The molecule has 0 aromatic heterocycles. The summed E-state index contributed by atoms with van der Waals surface area (Å²) in [5.74, 6) is -0.0526. The number of nitrogens with zero attached hydrogens (tertiary/aromatic N) is 1. The van der Waals surface area contributed by atoms with Crippen LogP contribution in [0.15, 0.2) is 23.3 Å². The zero-order valence-electron chi connectivity index (χ0n) is 11.9. The van der Waals surface area contributed by atoms with Gasteiger partial charge in [-0.1, -0.05) is 29.3 Å². The van der Waals surface area contributed by atoms with Crippen molar-refractivity contribution < 1.29 is 9.69 Å². The summed E-state index contributed by atoms with van der Waals surface area (Å²) in [7, 11) is 0. The summed E-state index contributed by atoms with van der Waals surface area (Å²) in [6.45, 7) is 2.63. The van der Waals surface area contributed by atoms with Crippen LogP contribution in [0.5, 0.6) is 0 Å². The predicted octanol–water partition coefficient (Wildman–Crippen LogP) is 1.90. The van der Waals surface area contributed by atoms with Gasteiger partial charge < -0.3 is 4.90 Å². The van der Waals surface area contributed by atoms with Crippen molar-refractivity contribution >= 4 is 35.3 Å². The second-order valence-corrected chi connectivity index (χ2v) is 6.12. The Morgan fingerprint density at radius 1 is 1.19 bits per heavy atom. The minimum absolute atomic E-state index is 0.0526. The molecule has 21 heavy (non-hydrogen) atoms. The van der Waals surface area contributed by atoms with E-state index < -0.39 is 0 Å². The number of hydrogen-bond donors (Lipinski definition) is 2. The Bertz CT molecular complexity index is 512. The summed E-state index contributed by atoms with van der Waals surface area (Å²) in [5, 5.41) is 4.94. The number of hydrazone groups is 1. The van der Waals surface area contributed by atoms with E-state index in [9.17, 15) is 4.79 Å². The van der Waals surface area contributed by atoms with E-state index in [1.165, 1.54) is 30.6 Å². The van der Waals surface area contributed by atoms with Crippen molar-refractivity contribution in [3.63, 3.8) is 0 Å². The van der Waals surface area contributed by atoms with Crippen LogP contribution in [0, 0.1) is 0 Å². The Balaban J connectivity index is 1.79. The van der Waals surface area contributed by atoms with Gasteiger partial charge >= 0.3 is 0 Å². The van der Waals surface area contributed by atoms with E-state index in [1.54, 1.807) is 24.4 Å². The summed E-state index contributed by atoms with van der Waals surface area (Å²) in [6, 6.07) is 5.21. The van der Waals surface area contributed by atoms with Crippen molar-refractivity contribution in [2.75, 3.05) is 19.6 Å². The second kappa shape index (κ2) is 8.37. The molecule has 1 fully saturated rings. The van der Waals surface area contributed by atoms with Crippen LogP contribution in [-0.4, -0.2) is 31.8 Å². The van der Waals surface area contributed by atoms with Gasteiger partial charge in [-0.2, -0.15) is 5.10 Å². The van der Waals surface area contributed by atoms with E-state index in [-0.39, 0.29) is 5.91 Å². The lowest BCUT2D eigenvalue weighted by Crippen LogP contribution is -3.13. The molecule has 1 heterocycles. The predicted molar refractivity (Wildman–Crippen MR) is 86.2 cm³/mol. The lowest BCUT2D eigenvalue weighted by Gasteiger charge is -2.15. The van der Waals surface area contributed by atoms with E-state index in [0.29, 0.717) is 16.6 Å². The van der Waals surface area contributed by atoms with Crippen molar-refractivity contribution in [1.29, 1.82) is 0 Å². The molecule has 0 unspecified atom stereocenters. The molecule has 0 aliphatic carbocycles. The lowest BCUT2D eigenvalue weighted by atomic mass is 10.2. The molecule has 1 aromatic rings. The maximum absolute atomic E-state index is 11.8. The van der Waals surface area contributed by atoms with Gasteiger partial charge in [-0.25, -0.2) is 5.43 Å². The molecule has 0 saturated carbocycles. The van der Waals surface area contributed by atoms with Gasteiger partial charge in [-0.15, -0.1) is 0 Å². The van der Waals surface area contributed by atoms with Crippen molar-refractivity contribution in [1.82, 2.24) is 5.43 Å². The van der Waals surface area contributed by atoms with E-state index in [2.05, 4.69) is 10.5 Å². The average Bonchev–Trinajstić information content (AvgIpc) is 2.71. The maximum Gasteiger partial charge on any atom is 0.295 e. The van der Waals surface area contributed by atoms with Crippen LogP contribution < -0.4 is 10.3 Å². The zero-order chi connectivity index (χ0) is 15.1. The zero-order valence-corrected chi connectivity index (χ0v) is 13.4. The van der Waals surface area contributed by atoms with Gasteiger partial charge in [0.1, 0.15) is 0 Å². The van der Waals surface area contributed by atoms with E-state index >= 15 is 0 Å². The van der Waals surface area contributed by atoms with Crippen molar-refractivity contribution in [3.05, 3.63) is 33.8 Å². The van der Waals surface area contributed by atoms with Gasteiger partial charge in [0.25, 0.3) is 5.91 Å². The number of benzene rings is 1. The summed E-state index contributed by atoms with van der Waals surface area (Å²) in [4.78, 5) is 13.2. The van der Waals surface area contributed by atoms with Crippen LogP contribution in [0.25, 0.3) is 0 Å². The van der Waals surface area contributed by atoms with Crippen molar-refractivity contribution in [3.8, 4) is 0 Å². The first-order valence-electron chi connectivity index (χ1n) is 7.25. The monoisotopic (exact) mass is 328 g/mol. The number of hydrogen-bond acceptors (Lipinski definition) is 2. The van der Waals surface area contributed by atoms with Crippen LogP contribution >= 0.6 is 23.2 Å². The Labute approximate surface area is 135 Å². The third-order valence-electron chi connectivity index (χ3n) is 3.57. The fourth-order valence-electron chi connectivity index (χ4n) is 2.44. The van der Waals surface area contributed by atoms with E-state index in [0.717, 1.165) is 18.7 Å². The molecule has 2 N–H and O–H groups in total. The number of nitrogens with one attached hydrogen (secondary N) is 2. The number of likely N-dealkylation sites (tertiary alicyclic amines) is 1. The van der Waals surface area contributed by atoms with E-state index in [1.807, 2.05) is 0 Å². The number of carbonyl (C=O) groups is 1. The molecule has 0 atom stereocenters. The highest BCUT2D eigenvalue weighted by Crippen LogP contribution is 2.21. The largest absolute Gasteiger partial charge is 0.327 e. The molecule has 1 aliphatic rings. The molecule has 2 rings (SSSR count). The molecular weight excluding hydrogens is 309 g/mol. The highest BCUT2D eigenvalue weighted by molar-refractivity contribution is 6.42. The molecule has 114 valence electrons. The first-order chi connectivity index (χ1) is 10.1. The minimum atomic E-state index is -0.0526. The normalized spacial score (nSPS) is 16.9. The number of rotatable bonds is 4. The summed E-state index contributed by atoms with van der Waals surface area (Å²) >= 11 is 11.8. The Morgan fingerprint density at radius 2 is 1.90 bits per heavy atom. The fraction of sp³-hybridized carbons (Fsp3) is 0.467. The molecule has 0 spiro atoms. The lowest BCUT2D eigenvalue weighted by molar-refractivity contribution is -0.891. The van der Waals surface area contributed by atoms with Gasteiger partial charge in [0.2, 0.25) is 0 Å². The highest BCUT2D eigenvalue weighted by atomic mass is 35.5. The number of halogens is 2. The van der Waals surface area contributed by atoms with Gasteiger partial charge in [0, 0.05) is 0 Å². The van der Waals surface area contributed by atoms with Crippen LogP contribution in [0.1, 0.15) is 31.2 Å². The topological polar surface area (TPSA) is 45.9 Å². The van der Waals surface area contributed by atoms with Gasteiger partial charge in [0.15, 0.2) is 6.54 Å². The van der Waals surface area contributed by atoms with Crippen LogP contribution in [0.3, 0.4) is 0 Å². The maximum atomic E-state index is 11.8. The fourth-order valence-corrected chi connectivity index (χ4v) is 2.75. The molecule has 1 saturated heterocycles. The summed E-state index contributed by atoms with van der Waals surface area (Å²) in [6.07, 6.45) is 6.53. The van der Waals surface area contributed by atoms with E-state index in [4.69, 9.17) is 23.2 Å². The van der Waals surface area contributed by atoms with Crippen LogP contribution in [0.2, 0.25) is 10.0 Å². The molecule has 0 radical (unpaired) electrons. The third-order valence-corrected chi connectivity index (χ3v) is 4.31. The van der Waals surface area contributed by atoms with Crippen molar-refractivity contribution in [2.24, 2.45) is 5.10 Å². The minimum Gasteiger partial charge on any atom is -0.327 e. The molecule has 0 bridgehead atoms. The molecule has 1 amide bonds. The number of quaternary nitrogens is 1. The first kappa shape index (κ1) is 16.3. The molecule has 4 nitrogen and oxygen atoms in total. The smallest absolute Gasteiger partial charge is 0.295 e.